The van der Waals surface area contributed by atoms with E-state index >= 15 is 0 Å². The number of nitrogens with zero attached hydrogens (tertiary/aromatic N) is 1. The highest BCUT2D eigenvalue weighted by Gasteiger charge is 2.33. The second-order valence-corrected chi connectivity index (χ2v) is 15.3. The summed E-state index contributed by atoms with van der Waals surface area (Å²) in [5.74, 6) is 0.0602. The summed E-state index contributed by atoms with van der Waals surface area (Å²) in [5.41, 5.74) is 13.5. The molecule has 0 unspecified atom stereocenters. The lowest BCUT2D eigenvalue weighted by Gasteiger charge is -2.38. The van der Waals surface area contributed by atoms with E-state index in [4.69, 9.17) is 15.2 Å². The molecule has 0 bridgehead atoms. The molecule has 310 valence electrons. The SMILES string of the molecule is CN(C[C@@H]1C[C@H](c2ccc(CO)cc2)O[C@H](c2ccc(-c3cccc(CNC(=O)CCCCCCC(=O)Nc4ccccc4N)c3)cc2)O1)C[C@@H](O)c1cccc(O)c1. The van der Waals surface area contributed by atoms with E-state index in [2.05, 4.69) is 16.7 Å². The topological polar surface area (TPSA) is 167 Å². The molecule has 59 heavy (non-hydrogen) atoms. The van der Waals surface area contributed by atoms with Crippen LogP contribution in [0.15, 0.2) is 121 Å². The summed E-state index contributed by atoms with van der Waals surface area (Å²) < 4.78 is 13.1. The Bertz CT molecular complexity index is 2110. The number of nitrogens with two attached hydrogens (primary N) is 1. The van der Waals surface area contributed by atoms with E-state index in [0.717, 1.165) is 59.1 Å². The van der Waals surface area contributed by atoms with E-state index in [-0.39, 0.29) is 36.4 Å². The first-order valence-corrected chi connectivity index (χ1v) is 20.4. The molecule has 1 fully saturated rings. The van der Waals surface area contributed by atoms with Gasteiger partial charge in [0, 0.05) is 44.5 Å². The normalized spacial score (nSPS) is 17.1. The molecule has 0 aromatic heterocycles. The number of hydrogen-bond acceptors (Lipinski definition) is 9. The van der Waals surface area contributed by atoms with Crippen LogP contribution in [-0.4, -0.2) is 58.3 Å². The number of nitrogen functional groups attached to an aromatic ring is 1. The van der Waals surface area contributed by atoms with Crippen molar-refractivity contribution in [3.05, 3.63) is 149 Å². The van der Waals surface area contributed by atoms with Crippen LogP contribution < -0.4 is 16.4 Å². The molecular formula is C48H56N4O7. The number of nitrogens with one attached hydrogen (secondary N) is 2. The molecule has 0 spiro atoms. The molecule has 2 amide bonds. The van der Waals surface area contributed by atoms with Crippen LogP contribution in [-0.2, 0) is 32.2 Å². The summed E-state index contributed by atoms with van der Waals surface area (Å²) >= 11 is 0. The van der Waals surface area contributed by atoms with Crippen LogP contribution in [0.3, 0.4) is 0 Å². The molecule has 4 atom stereocenters. The van der Waals surface area contributed by atoms with E-state index in [1.807, 2.05) is 90.8 Å². The van der Waals surface area contributed by atoms with Gasteiger partial charge in [0.05, 0.1) is 36.3 Å². The quantitative estimate of drug-likeness (QED) is 0.0359. The molecule has 0 aliphatic carbocycles. The van der Waals surface area contributed by atoms with E-state index in [9.17, 15) is 24.9 Å². The highest BCUT2D eigenvalue weighted by Crippen LogP contribution is 2.39. The van der Waals surface area contributed by atoms with Gasteiger partial charge in [-0.15, -0.1) is 0 Å². The van der Waals surface area contributed by atoms with Gasteiger partial charge in [-0.1, -0.05) is 104 Å². The van der Waals surface area contributed by atoms with Gasteiger partial charge < -0.3 is 46.1 Å². The average Bonchev–Trinajstić information content (AvgIpc) is 3.25. The molecule has 11 heteroatoms. The Balaban J connectivity index is 0.995. The molecule has 1 heterocycles. The standard InChI is InChI=1S/C48H56N4O7/c1-52(31-44(55)39-12-9-13-40(54)27-39)30-41-28-45(36-20-18-33(32-53)19-21-36)59-48(58-41)37-24-22-35(23-25-37)38-11-8-10-34(26-38)29-50-46(56)16-4-2-3-5-17-47(57)51-43-15-7-6-14-42(43)49/h6-15,18-27,41,44-45,48,53-55H,2-5,16-17,28-32,49H2,1H3,(H,50,56)(H,51,57)/t41-,44+,45+,48+/m0/s1. The van der Waals surface area contributed by atoms with Crippen LogP contribution >= 0.6 is 0 Å². The number of aromatic hydroxyl groups is 1. The molecule has 7 N–H and O–H groups in total. The first kappa shape index (κ1) is 43.0. The number of phenols is 1. The van der Waals surface area contributed by atoms with Gasteiger partial charge in [-0.3, -0.25) is 9.59 Å². The molecule has 1 aliphatic rings. The van der Waals surface area contributed by atoms with Crippen molar-refractivity contribution >= 4 is 23.2 Å². The first-order chi connectivity index (χ1) is 28.6. The molecule has 5 aromatic rings. The number of ether oxygens (including phenoxy) is 2. The number of aliphatic hydroxyl groups excluding tert-OH is 2. The number of likely N-dealkylation sites (N-methyl/N-ethyl adjacent to an activating group) is 1. The number of hydrogen-bond donors (Lipinski definition) is 6. The lowest BCUT2D eigenvalue weighted by atomic mass is 9.98. The molecule has 0 radical (unpaired) electrons. The van der Waals surface area contributed by atoms with Gasteiger partial charge >= 0.3 is 0 Å². The molecule has 1 aliphatic heterocycles. The second-order valence-electron chi connectivity index (χ2n) is 15.3. The summed E-state index contributed by atoms with van der Waals surface area (Å²) in [6.45, 7) is 1.31. The largest absolute Gasteiger partial charge is 0.508 e. The summed E-state index contributed by atoms with van der Waals surface area (Å²) in [7, 11) is 1.94. The van der Waals surface area contributed by atoms with Crippen molar-refractivity contribution < 1.29 is 34.4 Å². The fraction of sp³-hybridized carbons (Fsp3) is 0.333. The Morgan fingerprint density at radius 3 is 2.22 bits per heavy atom. The van der Waals surface area contributed by atoms with Crippen LogP contribution in [0, 0.1) is 0 Å². The molecule has 5 aromatic carbocycles. The van der Waals surface area contributed by atoms with Crippen molar-refractivity contribution in [3.8, 4) is 16.9 Å². The van der Waals surface area contributed by atoms with Gasteiger partial charge in [-0.25, -0.2) is 0 Å². The zero-order valence-corrected chi connectivity index (χ0v) is 33.6. The maximum absolute atomic E-state index is 12.6. The lowest BCUT2D eigenvalue weighted by Crippen LogP contribution is -2.39. The summed E-state index contributed by atoms with van der Waals surface area (Å²) in [4.78, 5) is 26.9. The number of anilines is 2. The number of benzene rings is 5. The Kier molecular flexibility index (Phi) is 15.6. The first-order valence-electron chi connectivity index (χ1n) is 20.4. The van der Waals surface area contributed by atoms with Crippen molar-refractivity contribution in [1.82, 2.24) is 10.2 Å². The minimum Gasteiger partial charge on any atom is -0.508 e. The summed E-state index contributed by atoms with van der Waals surface area (Å²) in [6.07, 6.45) is 2.86. The number of aliphatic hydroxyl groups is 2. The Morgan fingerprint density at radius 2 is 1.49 bits per heavy atom. The highest BCUT2D eigenvalue weighted by atomic mass is 16.7. The predicted octanol–water partition coefficient (Wildman–Crippen LogP) is 7.94. The third kappa shape index (κ3) is 13.0. The van der Waals surface area contributed by atoms with Crippen molar-refractivity contribution in [2.24, 2.45) is 0 Å². The van der Waals surface area contributed by atoms with Gasteiger partial charge in [0.15, 0.2) is 6.29 Å². The molecule has 1 saturated heterocycles. The zero-order chi connectivity index (χ0) is 41.6. The summed E-state index contributed by atoms with van der Waals surface area (Å²) in [6, 6.07) is 37.9. The number of carbonyl (C=O) groups excluding carboxylic acids is 2. The van der Waals surface area contributed by atoms with Gasteiger partial charge in [0.1, 0.15) is 5.75 Å². The van der Waals surface area contributed by atoms with Crippen LogP contribution in [0.2, 0.25) is 0 Å². The highest BCUT2D eigenvalue weighted by molar-refractivity contribution is 5.93. The van der Waals surface area contributed by atoms with E-state index in [1.54, 1.807) is 36.4 Å². The minimum absolute atomic E-state index is 0.00402. The van der Waals surface area contributed by atoms with E-state index in [1.165, 1.54) is 0 Å². The van der Waals surface area contributed by atoms with E-state index in [0.29, 0.717) is 55.8 Å². The Morgan fingerprint density at radius 1 is 0.780 bits per heavy atom. The monoisotopic (exact) mass is 800 g/mol. The molecule has 0 saturated carbocycles. The van der Waals surface area contributed by atoms with Crippen LogP contribution in [0.25, 0.3) is 11.1 Å². The van der Waals surface area contributed by atoms with Gasteiger partial charge in [0.25, 0.3) is 0 Å². The van der Waals surface area contributed by atoms with Gasteiger partial charge in [0.2, 0.25) is 11.8 Å². The minimum atomic E-state index is -0.775. The maximum atomic E-state index is 12.6. The average molecular weight is 801 g/mol. The third-order valence-electron chi connectivity index (χ3n) is 10.6. The Hall–Kier alpha value is -5.56. The van der Waals surface area contributed by atoms with Crippen molar-refractivity contribution in [2.45, 2.75) is 82.7 Å². The fourth-order valence-electron chi connectivity index (χ4n) is 7.32. The number of rotatable bonds is 19. The Labute approximate surface area is 346 Å². The van der Waals surface area contributed by atoms with Crippen molar-refractivity contribution in [1.29, 1.82) is 0 Å². The fourth-order valence-corrected chi connectivity index (χ4v) is 7.32. The van der Waals surface area contributed by atoms with Crippen molar-refractivity contribution in [2.75, 3.05) is 31.2 Å². The van der Waals surface area contributed by atoms with Crippen LogP contribution in [0.1, 0.15) is 91.3 Å². The molecular weight excluding hydrogens is 745 g/mol. The number of carbonyl (C=O) groups is 2. The molecule has 6 rings (SSSR count). The lowest BCUT2D eigenvalue weighted by molar-refractivity contribution is -0.252. The van der Waals surface area contributed by atoms with E-state index < -0.39 is 12.4 Å². The van der Waals surface area contributed by atoms with Gasteiger partial charge in [-0.2, -0.15) is 0 Å². The maximum Gasteiger partial charge on any atom is 0.224 e. The number of unbranched alkanes of at least 4 members (excludes halogenated alkanes) is 3. The van der Waals surface area contributed by atoms with Gasteiger partial charge in [-0.05, 0) is 83.6 Å². The number of phenolic OH excluding ortho intramolecular Hbond substituents is 1. The molecule has 11 nitrogen and oxygen atoms in total. The van der Waals surface area contributed by atoms with Crippen LogP contribution in [0.5, 0.6) is 5.75 Å². The number of para-hydroxylation sites is 2. The third-order valence-corrected chi connectivity index (χ3v) is 10.6. The zero-order valence-electron chi connectivity index (χ0n) is 33.6. The number of amides is 2. The smallest absolute Gasteiger partial charge is 0.224 e. The predicted molar refractivity (Wildman–Crippen MR) is 230 cm³/mol. The van der Waals surface area contributed by atoms with Crippen molar-refractivity contribution in [3.63, 3.8) is 0 Å². The second kappa shape index (κ2) is 21.4. The summed E-state index contributed by atoms with van der Waals surface area (Å²) in [5, 5.41) is 36.2. The van der Waals surface area contributed by atoms with Crippen LogP contribution in [0.4, 0.5) is 11.4 Å².